The van der Waals surface area contributed by atoms with Crippen molar-refractivity contribution in [3.63, 3.8) is 0 Å². The largest absolute Gasteiger partial charge is 0.469 e. The van der Waals surface area contributed by atoms with Crippen molar-refractivity contribution < 1.29 is 18.5 Å². The lowest BCUT2D eigenvalue weighted by Gasteiger charge is -2.36. The summed E-state index contributed by atoms with van der Waals surface area (Å²) in [6.07, 6.45) is 1.53. The molecular weight excluding hydrogens is 395 g/mol. The number of aryl methyl sites for hydroxylation is 2. The van der Waals surface area contributed by atoms with Crippen LogP contribution in [0.3, 0.4) is 0 Å². The Balaban J connectivity index is 2.12. The molecule has 1 atom stereocenters. The summed E-state index contributed by atoms with van der Waals surface area (Å²) in [6.45, 7) is 13.4. The highest BCUT2D eigenvalue weighted by molar-refractivity contribution is 6.74. The highest BCUT2D eigenvalue weighted by Gasteiger charge is 2.37. The molecule has 0 saturated carbocycles. The number of aromatic nitrogens is 3. The summed E-state index contributed by atoms with van der Waals surface area (Å²) in [5.41, 5.74) is 1.81. The normalized spacial score (nSPS) is 13.4. The van der Waals surface area contributed by atoms with Crippen molar-refractivity contribution in [2.75, 3.05) is 13.2 Å². The zero-order chi connectivity index (χ0) is 22.0. The van der Waals surface area contributed by atoms with Gasteiger partial charge in [0.05, 0.1) is 22.9 Å². The Hall–Kier alpha value is -2.33. The number of halogens is 1. The Morgan fingerprint density at radius 3 is 2.55 bits per heavy atom. The number of alkyl halides is 1. The third kappa shape index (κ3) is 5.60. The van der Waals surface area contributed by atoms with E-state index in [9.17, 15) is 14.5 Å². The fraction of sp³-hybridized carbons (Fsp3) is 0.579. The second kappa shape index (κ2) is 8.58. The van der Waals surface area contributed by atoms with Crippen LogP contribution in [0.1, 0.15) is 32.0 Å². The zero-order valence-electron chi connectivity index (χ0n) is 18.0. The molecule has 29 heavy (non-hydrogen) atoms. The van der Waals surface area contributed by atoms with Gasteiger partial charge >= 0.3 is 11.6 Å². The Kier molecular flexibility index (Phi) is 6.79. The molecule has 1 unspecified atom stereocenters. The first-order chi connectivity index (χ1) is 13.3. The van der Waals surface area contributed by atoms with Gasteiger partial charge in [-0.25, -0.2) is 9.07 Å². The highest BCUT2D eigenvalue weighted by atomic mass is 28.4. The second-order valence-electron chi connectivity index (χ2n) is 8.62. The van der Waals surface area contributed by atoms with Crippen molar-refractivity contribution in [2.45, 2.75) is 58.9 Å². The van der Waals surface area contributed by atoms with E-state index in [1.807, 2.05) is 26.1 Å². The van der Waals surface area contributed by atoms with Gasteiger partial charge in [-0.2, -0.15) is 0 Å². The molecule has 2 aromatic heterocycles. The Bertz CT molecular complexity index is 880. The molecule has 0 amide bonds. The molecule has 2 aromatic rings. The van der Waals surface area contributed by atoms with E-state index >= 15 is 0 Å². The van der Waals surface area contributed by atoms with Crippen molar-refractivity contribution in [1.82, 2.24) is 14.8 Å². The summed E-state index contributed by atoms with van der Waals surface area (Å²) in [6, 6.07) is 1.81. The number of ether oxygens (including phenoxy) is 1. The molecule has 2 rings (SSSR count). The lowest BCUT2D eigenvalue weighted by Crippen LogP contribution is -2.42. The molecule has 0 spiro atoms. The molecule has 0 aromatic carbocycles. The fourth-order valence-corrected chi connectivity index (χ4v) is 3.32. The lowest BCUT2D eigenvalue weighted by atomic mass is 10.2. The molecule has 0 aliphatic heterocycles. The van der Waals surface area contributed by atoms with E-state index in [0.717, 1.165) is 5.56 Å². The van der Waals surface area contributed by atoms with Crippen LogP contribution in [-0.2, 0) is 4.43 Å². The van der Waals surface area contributed by atoms with Crippen molar-refractivity contribution in [3.05, 3.63) is 39.8 Å². The van der Waals surface area contributed by atoms with Crippen molar-refractivity contribution >= 4 is 14.0 Å². The molecule has 0 radical (unpaired) electrons. The molecule has 0 bridgehead atoms. The maximum Gasteiger partial charge on any atom is 0.350 e. The summed E-state index contributed by atoms with van der Waals surface area (Å²) in [5, 5.41) is 15.5. The third-order valence-electron chi connectivity index (χ3n) is 5.13. The predicted molar refractivity (Wildman–Crippen MR) is 111 cm³/mol. The van der Waals surface area contributed by atoms with Crippen LogP contribution in [0.25, 0.3) is 5.69 Å². The number of nitro groups is 1. The van der Waals surface area contributed by atoms with Gasteiger partial charge in [0, 0.05) is 6.20 Å². The molecule has 2 heterocycles. The van der Waals surface area contributed by atoms with Crippen LogP contribution in [0.5, 0.6) is 5.88 Å². The quantitative estimate of drug-likeness (QED) is 0.351. The summed E-state index contributed by atoms with van der Waals surface area (Å²) >= 11 is 0. The fourth-order valence-electron chi connectivity index (χ4n) is 2.29. The van der Waals surface area contributed by atoms with Crippen LogP contribution < -0.4 is 4.74 Å². The summed E-state index contributed by atoms with van der Waals surface area (Å²) in [4.78, 5) is 15.0. The lowest BCUT2D eigenvalue weighted by molar-refractivity contribution is -0.386. The third-order valence-corrected chi connectivity index (χ3v) is 9.64. The minimum absolute atomic E-state index is 0.0369. The van der Waals surface area contributed by atoms with Gasteiger partial charge in [-0.15, -0.1) is 5.10 Å². The number of nitrogens with zero attached hydrogens (tertiary/aromatic N) is 4. The minimum Gasteiger partial charge on any atom is -0.469 e. The molecule has 10 heteroatoms. The first-order valence-corrected chi connectivity index (χ1v) is 12.3. The summed E-state index contributed by atoms with van der Waals surface area (Å²) in [5.74, 6) is -0.231. The maximum atomic E-state index is 14.3. The maximum absolute atomic E-state index is 14.3. The SMILES string of the molecule is Cc1cnc(C)c(-n2cc([N+](=O)[O-])c(OCC(F)CO[Si](C)(C)C(C)(C)C)n2)c1. The summed E-state index contributed by atoms with van der Waals surface area (Å²) < 4.78 is 26.9. The van der Waals surface area contributed by atoms with Gasteiger partial charge in [0.1, 0.15) is 12.8 Å². The zero-order valence-corrected chi connectivity index (χ0v) is 19.0. The van der Waals surface area contributed by atoms with Crippen molar-refractivity contribution in [3.8, 4) is 11.6 Å². The molecule has 0 N–H and O–H groups in total. The first kappa shape index (κ1) is 23.0. The molecule has 0 aliphatic carbocycles. The molecule has 160 valence electrons. The van der Waals surface area contributed by atoms with Gasteiger partial charge in [-0.1, -0.05) is 20.8 Å². The number of hydrogen-bond donors (Lipinski definition) is 0. The summed E-state index contributed by atoms with van der Waals surface area (Å²) in [7, 11) is -2.09. The average Bonchev–Trinajstić information content (AvgIpc) is 3.03. The van der Waals surface area contributed by atoms with E-state index in [4.69, 9.17) is 9.16 Å². The number of rotatable bonds is 8. The van der Waals surface area contributed by atoms with Crippen molar-refractivity contribution in [1.29, 1.82) is 0 Å². The smallest absolute Gasteiger partial charge is 0.350 e. The van der Waals surface area contributed by atoms with E-state index in [0.29, 0.717) is 11.4 Å². The topological polar surface area (TPSA) is 92.3 Å². The van der Waals surface area contributed by atoms with Crippen LogP contribution in [-0.4, -0.2) is 47.4 Å². The standard InChI is InChI=1S/C19H29FN4O4Si/c1-13-8-16(14(2)21-9-13)23-10-17(24(25)26)18(22-23)27-11-15(20)12-28-29(6,7)19(3,4)5/h8-10,15H,11-12H2,1-7H3. The van der Waals surface area contributed by atoms with Gasteiger partial charge in [-0.3, -0.25) is 15.1 Å². The van der Waals surface area contributed by atoms with E-state index in [2.05, 4.69) is 30.9 Å². The van der Waals surface area contributed by atoms with Gasteiger partial charge in [0.25, 0.3) is 0 Å². The molecule has 0 aliphatic rings. The van der Waals surface area contributed by atoms with Crippen molar-refractivity contribution in [2.24, 2.45) is 0 Å². The predicted octanol–water partition coefficient (Wildman–Crippen LogP) is 4.53. The molecule has 0 fully saturated rings. The monoisotopic (exact) mass is 424 g/mol. The van der Waals surface area contributed by atoms with Crippen LogP contribution in [0.2, 0.25) is 18.1 Å². The Morgan fingerprint density at radius 2 is 1.97 bits per heavy atom. The minimum atomic E-state index is -2.09. The van der Waals surface area contributed by atoms with Gasteiger partial charge in [-0.05, 0) is 43.6 Å². The van der Waals surface area contributed by atoms with Gasteiger partial charge < -0.3 is 9.16 Å². The van der Waals surface area contributed by atoms with Crippen LogP contribution in [0.15, 0.2) is 18.5 Å². The van der Waals surface area contributed by atoms with E-state index < -0.39 is 19.4 Å². The number of pyridine rings is 1. The first-order valence-electron chi connectivity index (χ1n) is 9.40. The molecular formula is C19H29FN4O4Si. The van der Waals surface area contributed by atoms with E-state index in [1.165, 1.54) is 10.9 Å². The van der Waals surface area contributed by atoms with Crippen LogP contribution >= 0.6 is 0 Å². The number of hydrogen-bond acceptors (Lipinski definition) is 6. The highest BCUT2D eigenvalue weighted by Crippen LogP contribution is 2.36. The Labute approximate surface area is 171 Å². The van der Waals surface area contributed by atoms with Gasteiger partial charge in [0.2, 0.25) is 0 Å². The van der Waals surface area contributed by atoms with E-state index in [1.54, 1.807) is 13.1 Å². The second-order valence-corrected chi connectivity index (χ2v) is 13.4. The Morgan fingerprint density at radius 1 is 1.31 bits per heavy atom. The molecule has 0 saturated heterocycles. The van der Waals surface area contributed by atoms with Crippen LogP contribution in [0, 0.1) is 24.0 Å². The van der Waals surface area contributed by atoms with Gasteiger partial charge in [0.15, 0.2) is 14.5 Å². The van der Waals surface area contributed by atoms with E-state index in [-0.39, 0.29) is 29.8 Å². The average molecular weight is 425 g/mol. The molecule has 8 nitrogen and oxygen atoms in total. The van der Waals surface area contributed by atoms with Crippen LogP contribution in [0.4, 0.5) is 10.1 Å².